The molecule has 1 aliphatic carbocycles. The Kier molecular flexibility index (Phi) is 7.86. The van der Waals surface area contributed by atoms with Crippen LogP contribution in [0.2, 0.25) is 0 Å². The third-order valence-electron chi connectivity index (χ3n) is 7.32. The number of amides is 1. The van der Waals surface area contributed by atoms with Gasteiger partial charge in [0, 0.05) is 38.5 Å². The lowest BCUT2D eigenvalue weighted by molar-refractivity contribution is 0.0600. The summed E-state index contributed by atoms with van der Waals surface area (Å²) in [5.41, 5.74) is 2.03. The Bertz CT molecular complexity index is 1960. The van der Waals surface area contributed by atoms with Crippen LogP contribution in [0.15, 0.2) is 78.0 Å². The van der Waals surface area contributed by atoms with Crippen LogP contribution in [0.3, 0.4) is 0 Å². The number of hydrogen-bond donors (Lipinski definition) is 2. The highest BCUT2D eigenvalue weighted by Crippen LogP contribution is 2.28. The molecule has 2 atom stereocenters. The number of aromatic nitrogens is 5. The van der Waals surface area contributed by atoms with E-state index in [1.165, 1.54) is 46.9 Å². The number of halogens is 1. The first-order chi connectivity index (χ1) is 21.7. The fraction of sp³-hybridized carbons (Fsp3) is 0.226. The number of benzene rings is 1. The van der Waals surface area contributed by atoms with E-state index in [9.17, 15) is 18.8 Å². The van der Waals surface area contributed by atoms with Crippen LogP contribution in [0.25, 0.3) is 11.5 Å². The molecule has 230 valence electrons. The number of carbonyl (C=O) groups excluding carboxylic acids is 2. The predicted octanol–water partition coefficient (Wildman–Crippen LogP) is 3.29. The lowest BCUT2D eigenvalue weighted by Gasteiger charge is -2.21. The molecular formula is C31H29FN8O5. The number of anilines is 3. The van der Waals surface area contributed by atoms with Crippen molar-refractivity contribution in [3.63, 3.8) is 0 Å². The maximum atomic E-state index is 13.6. The Morgan fingerprint density at radius 2 is 1.89 bits per heavy atom. The number of nitrogens with zero attached hydrogens (tertiary/aromatic N) is 6. The smallest absolute Gasteiger partial charge is 0.338 e. The zero-order valence-corrected chi connectivity index (χ0v) is 24.6. The second kappa shape index (κ2) is 12.1. The molecule has 4 heterocycles. The highest BCUT2D eigenvalue weighted by molar-refractivity contribution is 5.94. The predicted molar refractivity (Wildman–Crippen MR) is 163 cm³/mol. The van der Waals surface area contributed by atoms with Gasteiger partial charge < -0.3 is 25.0 Å². The van der Waals surface area contributed by atoms with E-state index in [2.05, 4.69) is 25.7 Å². The minimum atomic E-state index is -1.08. The first-order valence-electron chi connectivity index (χ1n) is 14.0. The number of esters is 1. The van der Waals surface area contributed by atoms with E-state index in [4.69, 9.17) is 9.47 Å². The van der Waals surface area contributed by atoms with Crippen molar-refractivity contribution in [2.45, 2.75) is 25.2 Å². The van der Waals surface area contributed by atoms with Crippen LogP contribution in [-0.2, 0) is 11.3 Å². The number of methoxy groups -OCH3 is 2. The molecule has 13 nitrogen and oxygen atoms in total. The summed E-state index contributed by atoms with van der Waals surface area (Å²) in [6, 6.07) is 14.9. The van der Waals surface area contributed by atoms with Crippen molar-refractivity contribution < 1.29 is 23.5 Å². The average molecular weight is 613 g/mol. The number of pyridine rings is 2. The summed E-state index contributed by atoms with van der Waals surface area (Å²) in [6.45, 7) is 0.476. The summed E-state index contributed by atoms with van der Waals surface area (Å²) in [7, 11) is 4.74. The number of carbonyl (C=O) groups is 2. The molecule has 1 aromatic carbocycles. The molecule has 1 saturated carbocycles. The van der Waals surface area contributed by atoms with E-state index >= 15 is 0 Å². The van der Waals surface area contributed by atoms with E-state index in [1.807, 2.05) is 36.2 Å². The number of fused-ring (bicyclic) bond motifs is 1. The van der Waals surface area contributed by atoms with Crippen LogP contribution in [-0.4, -0.2) is 69.5 Å². The number of nitrogens with one attached hydrogen (secondary N) is 2. The first-order valence-corrected chi connectivity index (χ1v) is 14.0. The van der Waals surface area contributed by atoms with Gasteiger partial charge >= 0.3 is 5.97 Å². The average Bonchev–Trinajstić information content (AvgIpc) is 3.57. The van der Waals surface area contributed by atoms with Gasteiger partial charge in [-0.1, -0.05) is 12.1 Å². The minimum Gasteiger partial charge on any atom is -0.497 e. The molecule has 45 heavy (non-hydrogen) atoms. The molecule has 1 amide bonds. The van der Waals surface area contributed by atoms with E-state index in [-0.39, 0.29) is 35.0 Å². The summed E-state index contributed by atoms with van der Waals surface area (Å²) in [6.07, 6.45) is 3.50. The third kappa shape index (κ3) is 6.02. The SMILES string of the molecule is COC(=O)c1ccnc(-n2cccc(Nc3cc(N(C)Cc4ccc(OC)cc4)c4ncc(C(=O)N[C@@H]5C[C@@H]5F)n4n3)c2=O)c1. The zero-order valence-electron chi connectivity index (χ0n) is 24.6. The highest BCUT2D eigenvalue weighted by atomic mass is 19.1. The second-order valence-corrected chi connectivity index (χ2v) is 10.4. The van der Waals surface area contributed by atoms with E-state index in [1.54, 1.807) is 25.3 Å². The van der Waals surface area contributed by atoms with Crippen LogP contribution in [0.1, 0.15) is 32.8 Å². The molecule has 6 rings (SSSR count). The van der Waals surface area contributed by atoms with Gasteiger partial charge in [-0.05, 0) is 42.0 Å². The minimum absolute atomic E-state index is 0.112. The molecule has 5 aromatic rings. The van der Waals surface area contributed by atoms with Crippen LogP contribution >= 0.6 is 0 Å². The fourth-order valence-corrected chi connectivity index (χ4v) is 4.80. The number of rotatable bonds is 10. The third-order valence-corrected chi connectivity index (χ3v) is 7.32. The van der Waals surface area contributed by atoms with E-state index < -0.39 is 29.6 Å². The Morgan fingerprint density at radius 3 is 2.60 bits per heavy atom. The van der Waals surface area contributed by atoms with Crippen LogP contribution < -0.4 is 25.8 Å². The molecule has 4 aromatic heterocycles. The summed E-state index contributed by atoms with van der Waals surface area (Å²) in [5, 5.41) is 10.3. The lowest BCUT2D eigenvalue weighted by atomic mass is 10.2. The standard InChI is InChI=1S/C31H29FN8O5/c1-38(17-18-6-8-20(44-2)9-7-18)24-15-26(37-40-25(16-34-28(24)40)29(41)36-23-14-21(23)32)35-22-5-4-12-39(30(22)42)27-13-19(10-11-33-27)31(43)45-3/h4-13,15-16,21,23H,14,17H2,1-3H3,(H,35,37)(H,36,41)/t21-,23+/m0/s1. The summed E-state index contributed by atoms with van der Waals surface area (Å²) in [5.74, 6) is 0.116. The summed E-state index contributed by atoms with van der Waals surface area (Å²) >= 11 is 0. The number of alkyl halides is 1. The fourth-order valence-electron chi connectivity index (χ4n) is 4.80. The molecule has 2 N–H and O–H groups in total. The zero-order chi connectivity index (χ0) is 31.7. The van der Waals surface area contributed by atoms with Gasteiger partial charge in [-0.25, -0.2) is 23.7 Å². The van der Waals surface area contributed by atoms with Gasteiger partial charge in [-0.2, -0.15) is 0 Å². The molecule has 1 aliphatic rings. The highest BCUT2D eigenvalue weighted by Gasteiger charge is 2.39. The molecule has 0 spiro atoms. The van der Waals surface area contributed by atoms with Crippen molar-refractivity contribution in [1.82, 2.24) is 29.5 Å². The van der Waals surface area contributed by atoms with Crippen molar-refractivity contribution >= 4 is 34.7 Å². The maximum absolute atomic E-state index is 13.6. The van der Waals surface area contributed by atoms with Crippen LogP contribution in [0.5, 0.6) is 5.75 Å². The Balaban J connectivity index is 1.38. The first kappa shape index (κ1) is 29.3. The van der Waals surface area contributed by atoms with Crippen LogP contribution in [0, 0.1) is 0 Å². The summed E-state index contributed by atoms with van der Waals surface area (Å²) in [4.78, 5) is 49.3. The molecular weight excluding hydrogens is 583 g/mol. The largest absolute Gasteiger partial charge is 0.497 e. The molecule has 1 fully saturated rings. The van der Waals surface area contributed by atoms with Gasteiger partial charge in [0.2, 0.25) is 0 Å². The summed E-state index contributed by atoms with van der Waals surface area (Å²) < 4.78 is 26.3. The van der Waals surface area contributed by atoms with Gasteiger partial charge in [0.1, 0.15) is 23.4 Å². The van der Waals surface area contributed by atoms with Crippen molar-refractivity contribution in [3.05, 3.63) is 100 Å². The molecule has 0 unspecified atom stereocenters. The number of imidazole rings is 1. The number of ether oxygens (including phenoxy) is 2. The van der Waals surface area contributed by atoms with Gasteiger partial charge in [-0.15, -0.1) is 5.10 Å². The quantitative estimate of drug-likeness (QED) is 0.225. The monoisotopic (exact) mass is 612 g/mol. The topological polar surface area (TPSA) is 145 Å². The Labute approximate surface area is 256 Å². The van der Waals surface area contributed by atoms with Crippen molar-refractivity contribution in [2.75, 3.05) is 31.5 Å². The molecule has 14 heteroatoms. The molecule has 0 saturated heterocycles. The molecule has 0 bridgehead atoms. The van der Waals surface area contributed by atoms with Crippen LogP contribution in [0.4, 0.5) is 21.6 Å². The second-order valence-electron chi connectivity index (χ2n) is 10.4. The van der Waals surface area contributed by atoms with Crippen molar-refractivity contribution in [3.8, 4) is 11.6 Å². The lowest BCUT2D eigenvalue weighted by Crippen LogP contribution is -2.29. The molecule has 0 aliphatic heterocycles. The van der Waals surface area contributed by atoms with E-state index in [0.29, 0.717) is 17.9 Å². The maximum Gasteiger partial charge on any atom is 0.338 e. The normalized spacial score (nSPS) is 15.4. The number of hydrogen-bond acceptors (Lipinski definition) is 10. The Morgan fingerprint density at radius 1 is 1.11 bits per heavy atom. The van der Waals surface area contributed by atoms with Crippen molar-refractivity contribution in [2.24, 2.45) is 0 Å². The van der Waals surface area contributed by atoms with Gasteiger partial charge in [0.15, 0.2) is 17.2 Å². The van der Waals surface area contributed by atoms with E-state index in [0.717, 1.165) is 11.3 Å². The van der Waals surface area contributed by atoms with Gasteiger partial charge in [0.05, 0.1) is 37.7 Å². The van der Waals surface area contributed by atoms with Crippen molar-refractivity contribution in [1.29, 1.82) is 0 Å². The van der Waals surface area contributed by atoms with Gasteiger partial charge in [0.25, 0.3) is 11.5 Å². The Hall–Kier alpha value is -5.79. The van der Waals surface area contributed by atoms with Gasteiger partial charge in [-0.3, -0.25) is 14.2 Å². The molecule has 0 radical (unpaired) electrons.